The van der Waals surface area contributed by atoms with Crippen LogP contribution in [0.1, 0.15) is 17.7 Å². The van der Waals surface area contributed by atoms with Crippen molar-refractivity contribution in [3.8, 4) is 0 Å². The van der Waals surface area contributed by atoms with Crippen LogP contribution in [0.2, 0.25) is 0 Å². The summed E-state index contributed by atoms with van der Waals surface area (Å²) < 4.78 is 0. The number of nitrogens with zero attached hydrogens (tertiary/aromatic N) is 1. The van der Waals surface area contributed by atoms with Crippen molar-refractivity contribution >= 4 is 35.5 Å². The van der Waals surface area contributed by atoms with Gasteiger partial charge in [-0.25, -0.2) is 4.98 Å². The van der Waals surface area contributed by atoms with E-state index in [1.165, 1.54) is 18.1 Å². The summed E-state index contributed by atoms with van der Waals surface area (Å²) in [6.07, 6.45) is 5.62. The number of hydrogen-bond acceptors (Lipinski definition) is 7. The number of nitrogens with one attached hydrogen (secondary N) is 4. The van der Waals surface area contributed by atoms with Crippen molar-refractivity contribution in [1.82, 2.24) is 25.9 Å². The number of aromatic nitrogens is 2. The normalized spacial score (nSPS) is 13.4. The Balaban J connectivity index is 2.09. The van der Waals surface area contributed by atoms with Gasteiger partial charge in [0.05, 0.1) is 12.4 Å². The lowest BCUT2D eigenvalue weighted by molar-refractivity contribution is -0.138. The second-order valence-electron chi connectivity index (χ2n) is 7.59. The number of carboxylic acids is 1. The maximum absolute atomic E-state index is 13.1. The first-order chi connectivity index (χ1) is 16.3. The molecule has 2 aromatic rings. The Morgan fingerprint density at radius 3 is 2.38 bits per heavy atom. The van der Waals surface area contributed by atoms with Gasteiger partial charge in [-0.2, -0.15) is 11.8 Å². The summed E-state index contributed by atoms with van der Waals surface area (Å²) in [5.74, 6) is -2.31. The van der Waals surface area contributed by atoms with Gasteiger partial charge in [0.15, 0.2) is 0 Å². The second kappa shape index (κ2) is 14.0. The van der Waals surface area contributed by atoms with Gasteiger partial charge in [0.1, 0.15) is 18.6 Å². The molecule has 0 saturated carbocycles. The van der Waals surface area contributed by atoms with Gasteiger partial charge in [-0.3, -0.25) is 19.2 Å². The van der Waals surface area contributed by atoms with Crippen LogP contribution >= 0.6 is 11.8 Å². The van der Waals surface area contributed by atoms with E-state index in [9.17, 15) is 19.2 Å². The first-order valence-electron chi connectivity index (χ1n) is 10.7. The number of nitrogens with two attached hydrogens (primary N) is 1. The van der Waals surface area contributed by atoms with E-state index in [0.29, 0.717) is 17.9 Å². The molecule has 12 heteroatoms. The van der Waals surface area contributed by atoms with Crippen molar-refractivity contribution in [2.24, 2.45) is 5.73 Å². The van der Waals surface area contributed by atoms with Gasteiger partial charge < -0.3 is 31.8 Å². The van der Waals surface area contributed by atoms with E-state index in [1.54, 1.807) is 30.5 Å². The Morgan fingerprint density at radius 1 is 1.06 bits per heavy atom. The highest BCUT2D eigenvalue weighted by Gasteiger charge is 2.28. The molecule has 11 nitrogen and oxygen atoms in total. The van der Waals surface area contributed by atoms with Gasteiger partial charge in [-0.05, 0) is 24.0 Å². The summed E-state index contributed by atoms with van der Waals surface area (Å²) in [5.41, 5.74) is 7.46. The molecule has 0 saturated heterocycles. The zero-order valence-electron chi connectivity index (χ0n) is 18.8. The zero-order valence-corrected chi connectivity index (χ0v) is 19.6. The van der Waals surface area contributed by atoms with Crippen LogP contribution in [-0.2, 0) is 32.0 Å². The molecule has 3 atom stereocenters. The molecule has 1 aromatic heterocycles. The Bertz CT molecular complexity index is 941. The monoisotopic (exact) mass is 490 g/mol. The third-order valence-electron chi connectivity index (χ3n) is 4.90. The first kappa shape index (κ1) is 26.9. The van der Waals surface area contributed by atoms with Crippen LogP contribution in [0.5, 0.6) is 0 Å². The molecule has 0 radical (unpaired) electrons. The first-order valence-corrected chi connectivity index (χ1v) is 12.1. The molecule has 1 heterocycles. The van der Waals surface area contributed by atoms with Crippen LogP contribution in [0.3, 0.4) is 0 Å². The molecular formula is C22H30N6O5S. The Kier molecular flexibility index (Phi) is 11.1. The van der Waals surface area contributed by atoms with Gasteiger partial charge in [0.25, 0.3) is 0 Å². The molecule has 3 unspecified atom stereocenters. The van der Waals surface area contributed by atoms with Crippen LogP contribution in [-0.4, -0.2) is 75.4 Å². The highest BCUT2D eigenvalue weighted by Crippen LogP contribution is 2.07. The quantitative estimate of drug-likeness (QED) is 0.204. The maximum atomic E-state index is 13.1. The number of carbonyl (C=O) groups is 4. The Labute approximate surface area is 201 Å². The smallest absolute Gasteiger partial charge is 0.322 e. The molecule has 0 fully saturated rings. The maximum Gasteiger partial charge on any atom is 0.322 e. The van der Waals surface area contributed by atoms with Crippen molar-refractivity contribution in [2.75, 3.05) is 18.6 Å². The number of H-pyrrole nitrogens is 1. The molecule has 0 bridgehead atoms. The van der Waals surface area contributed by atoms with Gasteiger partial charge in [-0.1, -0.05) is 30.3 Å². The number of rotatable bonds is 14. The van der Waals surface area contributed by atoms with E-state index in [4.69, 9.17) is 10.8 Å². The van der Waals surface area contributed by atoms with Gasteiger partial charge in [-0.15, -0.1) is 0 Å². The summed E-state index contributed by atoms with van der Waals surface area (Å²) in [6, 6.07) is 6.17. The molecule has 2 rings (SSSR count). The molecule has 34 heavy (non-hydrogen) atoms. The largest absolute Gasteiger partial charge is 0.480 e. The number of carboxylic acid groups (broad SMARTS) is 1. The Hall–Kier alpha value is -3.38. The van der Waals surface area contributed by atoms with Crippen molar-refractivity contribution in [3.05, 3.63) is 54.1 Å². The minimum atomic E-state index is -1.20. The summed E-state index contributed by atoms with van der Waals surface area (Å²) in [4.78, 5) is 56.0. The number of amides is 3. The number of carbonyl (C=O) groups excluding carboxylic acids is 3. The summed E-state index contributed by atoms with van der Waals surface area (Å²) in [6.45, 7) is -0.574. The van der Waals surface area contributed by atoms with Crippen LogP contribution in [0.25, 0.3) is 0 Å². The number of thioether (sulfide) groups is 1. The lowest BCUT2D eigenvalue weighted by Gasteiger charge is -2.24. The average molecular weight is 491 g/mol. The molecule has 3 amide bonds. The zero-order chi connectivity index (χ0) is 24.9. The van der Waals surface area contributed by atoms with E-state index in [2.05, 4.69) is 25.9 Å². The fraction of sp³-hybridized carbons (Fsp3) is 0.409. The van der Waals surface area contributed by atoms with Gasteiger partial charge in [0.2, 0.25) is 17.7 Å². The Morgan fingerprint density at radius 2 is 1.76 bits per heavy atom. The van der Waals surface area contributed by atoms with E-state index in [-0.39, 0.29) is 12.8 Å². The van der Waals surface area contributed by atoms with Crippen LogP contribution in [0, 0.1) is 0 Å². The molecule has 1 aromatic carbocycles. The third kappa shape index (κ3) is 9.24. The predicted octanol–water partition coefficient (Wildman–Crippen LogP) is -0.554. The lowest BCUT2D eigenvalue weighted by Crippen LogP contribution is -2.56. The summed E-state index contributed by atoms with van der Waals surface area (Å²) in [7, 11) is 0. The molecule has 184 valence electrons. The SMILES string of the molecule is CSCCC(NC(=O)C(N)Cc1cnc[nH]1)C(=O)NC(Cc1ccccc1)C(=O)NCC(=O)O. The van der Waals surface area contributed by atoms with Gasteiger partial charge in [0, 0.05) is 24.7 Å². The molecular weight excluding hydrogens is 460 g/mol. The topological polar surface area (TPSA) is 179 Å². The van der Waals surface area contributed by atoms with Crippen molar-refractivity contribution < 1.29 is 24.3 Å². The van der Waals surface area contributed by atoms with Crippen LogP contribution in [0.4, 0.5) is 0 Å². The second-order valence-corrected chi connectivity index (χ2v) is 8.58. The van der Waals surface area contributed by atoms with Crippen LogP contribution in [0.15, 0.2) is 42.9 Å². The molecule has 0 aliphatic heterocycles. The minimum Gasteiger partial charge on any atom is -0.480 e. The van der Waals surface area contributed by atoms with E-state index in [0.717, 1.165) is 5.56 Å². The lowest BCUT2D eigenvalue weighted by atomic mass is 10.0. The fourth-order valence-electron chi connectivity index (χ4n) is 3.13. The van der Waals surface area contributed by atoms with Crippen molar-refractivity contribution in [2.45, 2.75) is 37.4 Å². The standard InChI is InChI=1S/C22H30N6O5S/c1-34-8-7-17(27-20(31)16(23)10-15-11-24-13-26-15)22(33)28-18(21(32)25-12-19(29)30)9-14-5-3-2-4-6-14/h2-6,11,13,16-18H,7-10,12,23H2,1H3,(H,24,26)(H,25,32)(H,27,31)(H,28,33)(H,29,30). The van der Waals surface area contributed by atoms with Crippen LogP contribution < -0.4 is 21.7 Å². The molecule has 7 N–H and O–H groups in total. The molecule has 0 spiro atoms. The van der Waals surface area contributed by atoms with Crippen molar-refractivity contribution in [3.63, 3.8) is 0 Å². The fourth-order valence-corrected chi connectivity index (χ4v) is 3.60. The predicted molar refractivity (Wildman–Crippen MR) is 128 cm³/mol. The van der Waals surface area contributed by atoms with Crippen molar-refractivity contribution in [1.29, 1.82) is 0 Å². The van der Waals surface area contributed by atoms with E-state index in [1.807, 2.05) is 12.3 Å². The van der Waals surface area contributed by atoms with E-state index < -0.39 is 48.4 Å². The highest BCUT2D eigenvalue weighted by atomic mass is 32.2. The molecule has 0 aliphatic rings. The minimum absolute atomic E-state index is 0.153. The summed E-state index contributed by atoms with van der Waals surface area (Å²) in [5, 5.41) is 16.5. The molecule has 0 aliphatic carbocycles. The average Bonchev–Trinajstić information content (AvgIpc) is 3.33. The number of aromatic amines is 1. The summed E-state index contributed by atoms with van der Waals surface area (Å²) >= 11 is 1.51. The number of benzene rings is 1. The number of hydrogen-bond donors (Lipinski definition) is 6. The number of aliphatic carboxylic acids is 1. The number of imidazole rings is 1. The van der Waals surface area contributed by atoms with Gasteiger partial charge >= 0.3 is 5.97 Å². The van der Waals surface area contributed by atoms with E-state index >= 15 is 0 Å². The highest BCUT2D eigenvalue weighted by molar-refractivity contribution is 7.98. The third-order valence-corrected chi connectivity index (χ3v) is 5.55.